The highest BCUT2D eigenvalue weighted by Gasteiger charge is 2.31. The molecule has 0 spiro atoms. The number of alkyl halides is 3. The SMILES string of the molecule is O=C(CCNCCCc1ccccc1)Nc1cc(C(F)(F)F)ccc1Cl. The molecule has 0 aliphatic carbocycles. The van der Waals surface area contributed by atoms with Crippen LogP contribution in [-0.2, 0) is 17.4 Å². The Bertz CT molecular complexity index is 720. The number of hydrogen-bond donors (Lipinski definition) is 2. The monoisotopic (exact) mass is 384 g/mol. The van der Waals surface area contributed by atoms with Gasteiger partial charge in [-0.25, -0.2) is 0 Å². The first-order valence-corrected chi connectivity index (χ1v) is 8.65. The van der Waals surface area contributed by atoms with Gasteiger partial charge in [0, 0.05) is 13.0 Å². The van der Waals surface area contributed by atoms with E-state index in [1.54, 1.807) is 0 Å². The predicted octanol–water partition coefficient (Wildman–Crippen LogP) is 4.91. The van der Waals surface area contributed by atoms with Crippen molar-refractivity contribution in [2.75, 3.05) is 18.4 Å². The van der Waals surface area contributed by atoms with Crippen LogP contribution in [0.2, 0.25) is 5.02 Å². The van der Waals surface area contributed by atoms with Crippen LogP contribution >= 0.6 is 11.6 Å². The smallest absolute Gasteiger partial charge is 0.325 e. The van der Waals surface area contributed by atoms with Gasteiger partial charge in [-0.2, -0.15) is 13.2 Å². The van der Waals surface area contributed by atoms with E-state index in [0.29, 0.717) is 6.54 Å². The van der Waals surface area contributed by atoms with E-state index >= 15 is 0 Å². The van der Waals surface area contributed by atoms with Crippen molar-refractivity contribution in [3.63, 3.8) is 0 Å². The van der Waals surface area contributed by atoms with Gasteiger partial charge < -0.3 is 10.6 Å². The topological polar surface area (TPSA) is 41.1 Å². The number of hydrogen-bond acceptors (Lipinski definition) is 2. The van der Waals surface area contributed by atoms with Gasteiger partial charge in [-0.1, -0.05) is 41.9 Å². The Kier molecular flexibility index (Phi) is 7.48. The van der Waals surface area contributed by atoms with Crippen LogP contribution in [0.1, 0.15) is 24.0 Å². The maximum absolute atomic E-state index is 12.7. The molecule has 0 atom stereocenters. The first-order chi connectivity index (χ1) is 12.4. The lowest BCUT2D eigenvalue weighted by Crippen LogP contribution is -2.23. The van der Waals surface area contributed by atoms with Gasteiger partial charge in [0.15, 0.2) is 0 Å². The summed E-state index contributed by atoms with van der Waals surface area (Å²) in [4.78, 5) is 11.9. The van der Waals surface area contributed by atoms with Crippen LogP contribution in [0.3, 0.4) is 0 Å². The molecule has 0 aliphatic rings. The first-order valence-electron chi connectivity index (χ1n) is 8.27. The standard InChI is InChI=1S/C19H20ClF3N2O/c20-16-9-8-15(19(21,22)23)13-17(16)25-18(26)10-12-24-11-4-7-14-5-2-1-3-6-14/h1-3,5-6,8-9,13,24H,4,7,10-12H2,(H,25,26). The fourth-order valence-corrected chi connectivity index (χ4v) is 2.56. The molecule has 0 saturated carbocycles. The summed E-state index contributed by atoms with van der Waals surface area (Å²) in [7, 11) is 0. The molecule has 0 bridgehead atoms. The highest BCUT2D eigenvalue weighted by Crippen LogP contribution is 2.33. The summed E-state index contributed by atoms with van der Waals surface area (Å²) in [6.45, 7) is 1.20. The fraction of sp³-hybridized carbons (Fsp3) is 0.316. The Morgan fingerprint density at radius 2 is 1.77 bits per heavy atom. The maximum Gasteiger partial charge on any atom is 0.416 e. The van der Waals surface area contributed by atoms with Gasteiger partial charge in [-0.15, -0.1) is 0 Å². The van der Waals surface area contributed by atoms with Crippen LogP contribution in [0.25, 0.3) is 0 Å². The third kappa shape index (κ3) is 6.69. The van der Waals surface area contributed by atoms with Crippen LogP contribution in [0.5, 0.6) is 0 Å². The second kappa shape index (κ2) is 9.59. The van der Waals surface area contributed by atoms with Crippen LogP contribution in [0, 0.1) is 0 Å². The number of aryl methyl sites for hydroxylation is 1. The highest BCUT2D eigenvalue weighted by molar-refractivity contribution is 6.33. The molecule has 0 saturated heterocycles. The zero-order valence-corrected chi connectivity index (χ0v) is 14.8. The van der Waals surface area contributed by atoms with Gasteiger partial charge >= 0.3 is 6.18 Å². The quantitative estimate of drug-likeness (QED) is 0.635. The van der Waals surface area contributed by atoms with Crippen molar-refractivity contribution in [2.24, 2.45) is 0 Å². The lowest BCUT2D eigenvalue weighted by Gasteiger charge is -2.12. The molecule has 0 aliphatic heterocycles. The number of nitrogens with one attached hydrogen (secondary N) is 2. The Labute approximate surface area is 155 Å². The lowest BCUT2D eigenvalue weighted by atomic mass is 10.1. The van der Waals surface area contributed by atoms with Crippen molar-refractivity contribution in [3.8, 4) is 0 Å². The van der Waals surface area contributed by atoms with Gasteiger partial charge in [0.05, 0.1) is 16.3 Å². The van der Waals surface area contributed by atoms with Gasteiger partial charge in [0.2, 0.25) is 5.91 Å². The largest absolute Gasteiger partial charge is 0.416 e. The van der Waals surface area contributed by atoms with E-state index < -0.39 is 11.7 Å². The number of anilines is 1. The molecule has 2 rings (SSSR count). The third-order valence-corrected chi connectivity index (χ3v) is 4.09. The van der Waals surface area contributed by atoms with E-state index in [1.165, 1.54) is 5.56 Å². The van der Waals surface area contributed by atoms with Crippen molar-refractivity contribution >= 4 is 23.2 Å². The molecule has 26 heavy (non-hydrogen) atoms. The Morgan fingerprint density at radius 1 is 1.04 bits per heavy atom. The molecule has 1 amide bonds. The Morgan fingerprint density at radius 3 is 2.46 bits per heavy atom. The molecule has 0 aromatic heterocycles. The van der Waals surface area contributed by atoms with Crippen molar-refractivity contribution in [1.82, 2.24) is 5.32 Å². The van der Waals surface area contributed by atoms with Crippen molar-refractivity contribution < 1.29 is 18.0 Å². The molecule has 0 heterocycles. The number of halogens is 4. The molecule has 0 radical (unpaired) electrons. The van der Waals surface area contributed by atoms with Crippen LogP contribution in [0.15, 0.2) is 48.5 Å². The number of rotatable bonds is 8. The van der Waals surface area contributed by atoms with Gasteiger partial charge in [0.1, 0.15) is 0 Å². The van der Waals surface area contributed by atoms with Crippen LogP contribution in [0.4, 0.5) is 18.9 Å². The third-order valence-electron chi connectivity index (χ3n) is 3.76. The fourth-order valence-electron chi connectivity index (χ4n) is 2.40. The Hall–Kier alpha value is -2.05. The molecule has 2 aromatic rings. The van der Waals surface area contributed by atoms with E-state index in [0.717, 1.165) is 37.6 Å². The van der Waals surface area contributed by atoms with E-state index in [9.17, 15) is 18.0 Å². The van der Waals surface area contributed by atoms with Gasteiger partial charge in [-0.3, -0.25) is 4.79 Å². The maximum atomic E-state index is 12.7. The summed E-state index contributed by atoms with van der Waals surface area (Å²) < 4.78 is 38.1. The first kappa shape index (κ1) is 20.3. The molecule has 2 N–H and O–H groups in total. The van der Waals surface area contributed by atoms with E-state index in [1.807, 2.05) is 18.2 Å². The lowest BCUT2D eigenvalue weighted by molar-refractivity contribution is -0.137. The minimum Gasteiger partial charge on any atom is -0.325 e. The second-order valence-corrected chi connectivity index (χ2v) is 6.24. The summed E-state index contributed by atoms with van der Waals surface area (Å²) >= 11 is 5.85. The molecule has 2 aromatic carbocycles. The Balaban J connectivity index is 1.70. The zero-order valence-electron chi connectivity index (χ0n) is 14.1. The number of amides is 1. The highest BCUT2D eigenvalue weighted by atomic mass is 35.5. The van der Waals surface area contributed by atoms with Crippen molar-refractivity contribution in [3.05, 3.63) is 64.7 Å². The molecule has 3 nitrogen and oxygen atoms in total. The minimum atomic E-state index is -4.48. The van der Waals surface area contributed by atoms with Crippen molar-refractivity contribution in [1.29, 1.82) is 0 Å². The molecule has 140 valence electrons. The zero-order chi connectivity index (χ0) is 19.0. The molecule has 0 fully saturated rings. The average molecular weight is 385 g/mol. The minimum absolute atomic E-state index is 0.0319. The van der Waals surface area contributed by atoms with Crippen LogP contribution < -0.4 is 10.6 Å². The van der Waals surface area contributed by atoms with Crippen molar-refractivity contribution in [2.45, 2.75) is 25.4 Å². The summed E-state index contributed by atoms with van der Waals surface area (Å²) in [6, 6.07) is 12.9. The number of benzene rings is 2. The number of carbonyl (C=O) groups excluding carboxylic acids is 1. The summed E-state index contributed by atoms with van der Waals surface area (Å²) in [5.74, 6) is -0.387. The normalized spacial score (nSPS) is 11.4. The summed E-state index contributed by atoms with van der Waals surface area (Å²) in [5, 5.41) is 5.65. The van der Waals surface area contributed by atoms with Crippen LogP contribution in [-0.4, -0.2) is 19.0 Å². The van der Waals surface area contributed by atoms with Gasteiger partial charge in [0.25, 0.3) is 0 Å². The molecule has 0 unspecified atom stereocenters. The number of carbonyl (C=O) groups is 1. The van der Waals surface area contributed by atoms with E-state index in [-0.39, 0.29) is 23.0 Å². The van der Waals surface area contributed by atoms with E-state index in [2.05, 4.69) is 22.8 Å². The summed E-state index contributed by atoms with van der Waals surface area (Å²) in [5.41, 5.74) is 0.373. The molecule has 7 heteroatoms. The molecular formula is C19H20ClF3N2O. The predicted molar refractivity (Wildman–Crippen MR) is 97.3 cm³/mol. The summed E-state index contributed by atoms with van der Waals surface area (Å²) in [6.07, 6.45) is -2.45. The second-order valence-electron chi connectivity index (χ2n) is 5.83. The van der Waals surface area contributed by atoms with E-state index in [4.69, 9.17) is 11.6 Å². The average Bonchev–Trinajstić information content (AvgIpc) is 2.60. The van der Waals surface area contributed by atoms with Gasteiger partial charge in [-0.05, 0) is 43.1 Å². The molecular weight excluding hydrogens is 365 g/mol.